The third-order valence-corrected chi connectivity index (χ3v) is 5.22. The largest absolute Gasteiger partial charge is 0.390 e. The number of rotatable bonds is 8. The topological polar surface area (TPSA) is 117 Å². The number of aliphatic hydroxyl groups excluding tert-OH is 2. The molecule has 1 heterocycles. The Bertz CT molecular complexity index is 838. The first-order valence-electron chi connectivity index (χ1n) is 7.85. The molecular weight excluding hydrogens is 380 g/mol. The molecule has 0 radical (unpaired) electrons. The number of benzene rings is 1. The highest BCUT2D eigenvalue weighted by Gasteiger charge is 2.17. The van der Waals surface area contributed by atoms with Crippen LogP contribution in [0.25, 0.3) is 0 Å². The van der Waals surface area contributed by atoms with E-state index in [0.717, 1.165) is 0 Å². The van der Waals surface area contributed by atoms with Crippen molar-refractivity contribution in [3.63, 3.8) is 0 Å². The Labute approximate surface area is 156 Å². The van der Waals surface area contributed by atoms with Crippen LogP contribution in [-0.2, 0) is 16.6 Å². The van der Waals surface area contributed by atoms with Gasteiger partial charge in [0.1, 0.15) is 0 Å². The van der Waals surface area contributed by atoms with E-state index in [4.69, 9.17) is 16.7 Å². The van der Waals surface area contributed by atoms with Crippen LogP contribution in [0.2, 0.25) is 5.02 Å². The van der Waals surface area contributed by atoms with Crippen molar-refractivity contribution in [3.8, 4) is 0 Å². The fourth-order valence-electron chi connectivity index (χ4n) is 2.22. The Kier molecular flexibility index (Phi) is 7.10. The molecular formula is C17H19ClN2O5S. The van der Waals surface area contributed by atoms with Crippen LogP contribution in [0.15, 0.2) is 42.6 Å². The predicted octanol–water partition coefficient (Wildman–Crippen LogP) is 1.80. The third kappa shape index (κ3) is 6.06. The lowest BCUT2D eigenvalue weighted by atomic mass is 10.1. The SMILES string of the molecule is O=C(NS(=O)(=O)CCCC(O)c1ccc(Cl)cc1)c1ccc(CO)nc1. The van der Waals surface area contributed by atoms with Crippen LogP contribution < -0.4 is 4.72 Å². The lowest BCUT2D eigenvalue weighted by Crippen LogP contribution is -2.32. The summed E-state index contributed by atoms with van der Waals surface area (Å²) in [6.07, 6.45) is 0.784. The van der Waals surface area contributed by atoms with E-state index in [1.54, 1.807) is 24.3 Å². The number of aliphatic hydroxyl groups is 2. The van der Waals surface area contributed by atoms with Crippen molar-refractivity contribution >= 4 is 27.5 Å². The molecule has 0 bridgehead atoms. The van der Waals surface area contributed by atoms with Gasteiger partial charge in [-0.05, 0) is 42.7 Å². The summed E-state index contributed by atoms with van der Waals surface area (Å²) in [6.45, 7) is -0.268. The Balaban J connectivity index is 1.85. The minimum Gasteiger partial charge on any atom is -0.390 e. The molecule has 1 aromatic heterocycles. The van der Waals surface area contributed by atoms with Gasteiger partial charge in [0.2, 0.25) is 10.0 Å². The van der Waals surface area contributed by atoms with E-state index in [-0.39, 0.29) is 30.8 Å². The van der Waals surface area contributed by atoms with Crippen molar-refractivity contribution in [1.29, 1.82) is 0 Å². The van der Waals surface area contributed by atoms with E-state index >= 15 is 0 Å². The summed E-state index contributed by atoms with van der Waals surface area (Å²) in [6, 6.07) is 9.46. The van der Waals surface area contributed by atoms with Crippen LogP contribution >= 0.6 is 11.6 Å². The minimum absolute atomic E-state index is 0.0759. The molecule has 1 aromatic carbocycles. The Morgan fingerprint density at radius 3 is 2.46 bits per heavy atom. The number of pyridine rings is 1. The molecule has 2 rings (SSSR count). The Morgan fingerprint density at radius 1 is 1.19 bits per heavy atom. The van der Waals surface area contributed by atoms with Crippen LogP contribution in [0.1, 0.15) is 40.6 Å². The molecule has 1 atom stereocenters. The van der Waals surface area contributed by atoms with Gasteiger partial charge >= 0.3 is 0 Å². The van der Waals surface area contributed by atoms with Gasteiger partial charge in [-0.3, -0.25) is 9.78 Å². The van der Waals surface area contributed by atoms with Crippen LogP contribution in [0.3, 0.4) is 0 Å². The number of carbonyl (C=O) groups excluding carboxylic acids is 1. The average Bonchev–Trinajstić information content (AvgIpc) is 2.61. The summed E-state index contributed by atoms with van der Waals surface area (Å²) >= 11 is 5.78. The number of hydrogen-bond acceptors (Lipinski definition) is 6. The van der Waals surface area contributed by atoms with Crippen LogP contribution in [0.4, 0.5) is 0 Å². The monoisotopic (exact) mass is 398 g/mol. The van der Waals surface area contributed by atoms with Crippen molar-refractivity contribution in [3.05, 3.63) is 64.4 Å². The first-order valence-corrected chi connectivity index (χ1v) is 9.88. The lowest BCUT2D eigenvalue weighted by molar-refractivity contribution is 0.0981. The van der Waals surface area contributed by atoms with Crippen LogP contribution in [0.5, 0.6) is 0 Å². The fraction of sp³-hybridized carbons (Fsp3) is 0.294. The molecule has 0 aliphatic carbocycles. The highest BCUT2D eigenvalue weighted by atomic mass is 35.5. The second-order valence-corrected chi connectivity index (χ2v) is 7.93. The highest BCUT2D eigenvalue weighted by Crippen LogP contribution is 2.20. The summed E-state index contributed by atoms with van der Waals surface area (Å²) in [7, 11) is -3.84. The van der Waals surface area contributed by atoms with Crippen molar-refractivity contribution in [2.75, 3.05) is 5.75 Å². The number of amides is 1. The number of hydrogen-bond donors (Lipinski definition) is 3. The first-order chi connectivity index (χ1) is 12.3. The van der Waals surface area contributed by atoms with Crippen LogP contribution in [-0.4, -0.2) is 35.3 Å². The molecule has 0 saturated carbocycles. The second-order valence-electron chi connectivity index (χ2n) is 5.66. The summed E-state index contributed by atoms with van der Waals surface area (Å²) in [4.78, 5) is 15.8. The molecule has 140 valence electrons. The number of sulfonamides is 1. The average molecular weight is 399 g/mol. The van der Waals surface area contributed by atoms with Gasteiger partial charge in [0, 0.05) is 11.2 Å². The summed E-state index contributed by atoms with van der Waals surface area (Å²) in [5.41, 5.74) is 1.10. The van der Waals surface area contributed by atoms with E-state index < -0.39 is 22.0 Å². The predicted molar refractivity (Wildman–Crippen MR) is 97.1 cm³/mol. The Hall–Kier alpha value is -2.00. The lowest BCUT2D eigenvalue weighted by Gasteiger charge is -2.11. The molecule has 0 saturated heterocycles. The molecule has 26 heavy (non-hydrogen) atoms. The van der Waals surface area contributed by atoms with Gasteiger partial charge in [-0.1, -0.05) is 23.7 Å². The van der Waals surface area contributed by atoms with Gasteiger partial charge in [-0.15, -0.1) is 0 Å². The molecule has 2 aromatic rings. The number of aromatic nitrogens is 1. The molecule has 0 spiro atoms. The molecule has 0 aliphatic rings. The maximum Gasteiger partial charge on any atom is 0.266 e. The van der Waals surface area contributed by atoms with Gasteiger partial charge in [-0.2, -0.15) is 0 Å². The quantitative estimate of drug-likeness (QED) is 0.624. The van der Waals surface area contributed by atoms with E-state index in [1.165, 1.54) is 18.3 Å². The minimum atomic E-state index is -3.84. The normalized spacial score (nSPS) is 12.6. The molecule has 0 fully saturated rings. The maximum atomic E-state index is 12.0. The highest BCUT2D eigenvalue weighted by molar-refractivity contribution is 7.90. The number of nitrogens with one attached hydrogen (secondary N) is 1. The van der Waals surface area contributed by atoms with E-state index in [9.17, 15) is 18.3 Å². The van der Waals surface area contributed by atoms with Gasteiger partial charge in [-0.25, -0.2) is 13.1 Å². The third-order valence-electron chi connectivity index (χ3n) is 3.64. The van der Waals surface area contributed by atoms with Crippen molar-refractivity contribution < 1.29 is 23.4 Å². The van der Waals surface area contributed by atoms with Gasteiger partial charge in [0.25, 0.3) is 5.91 Å². The maximum absolute atomic E-state index is 12.0. The fourth-order valence-corrected chi connectivity index (χ4v) is 3.40. The van der Waals surface area contributed by atoms with Gasteiger partial charge < -0.3 is 10.2 Å². The zero-order valence-electron chi connectivity index (χ0n) is 13.8. The van der Waals surface area contributed by atoms with Gasteiger partial charge in [0.05, 0.1) is 29.7 Å². The van der Waals surface area contributed by atoms with Crippen molar-refractivity contribution in [1.82, 2.24) is 9.71 Å². The summed E-state index contributed by atoms with van der Waals surface area (Å²) < 4.78 is 26.0. The van der Waals surface area contributed by atoms with Crippen LogP contribution in [0, 0.1) is 0 Å². The number of carbonyl (C=O) groups is 1. The molecule has 1 amide bonds. The van der Waals surface area contributed by atoms with E-state index in [1.807, 2.05) is 4.72 Å². The molecule has 7 nitrogen and oxygen atoms in total. The molecule has 1 unspecified atom stereocenters. The zero-order chi connectivity index (χ0) is 19.2. The Morgan fingerprint density at radius 2 is 1.88 bits per heavy atom. The first kappa shape index (κ1) is 20.3. The zero-order valence-corrected chi connectivity index (χ0v) is 15.4. The number of nitrogens with zero attached hydrogens (tertiary/aromatic N) is 1. The molecule has 0 aliphatic heterocycles. The standard InChI is InChI=1S/C17H19ClN2O5S/c18-14-6-3-12(4-7-14)16(22)2-1-9-26(24,25)20-17(23)13-5-8-15(11-21)19-10-13/h3-8,10,16,21-22H,1-2,9,11H2,(H,20,23). The van der Waals surface area contributed by atoms with Crippen molar-refractivity contribution in [2.45, 2.75) is 25.6 Å². The summed E-state index contributed by atoms with van der Waals surface area (Å²) in [5.74, 6) is -1.09. The number of halogens is 1. The smallest absolute Gasteiger partial charge is 0.266 e. The molecule has 3 N–H and O–H groups in total. The molecule has 9 heteroatoms. The van der Waals surface area contributed by atoms with E-state index in [2.05, 4.69) is 4.98 Å². The second kappa shape index (κ2) is 9.09. The van der Waals surface area contributed by atoms with Crippen molar-refractivity contribution in [2.24, 2.45) is 0 Å². The van der Waals surface area contributed by atoms with E-state index in [0.29, 0.717) is 16.3 Å². The summed E-state index contributed by atoms with van der Waals surface area (Å²) in [5, 5.41) is 19.5. The van der Waals surface area contributed by atoms with Gasteiger partial charge in [0.15, 0.2) is 0 Å².